The van der Waals surface area contributed by atoms with Gasteiger partial charge in [0.1, 0.15) is 0 Å². The summed E-state index contributed by atoms with van der Waals surface area (Å²) < 4.78 is 27.6. The molecule has 0 aliphatic heterocycles. The molecule has 0 aromatic heterocycles. The fourth-order valence-electron chi connectivity index (χ4n) is 2.29. The van der Waals surface area contributed by atoms with Crippen LogP contribution in [0.1, 0.15) is 33.3 Å². The topological polar surface area (TPSA) is 83.5 Å². The fourth-order valence-corrected chi connectivity index (χ4v) is 3.89. The lowest BCUT2D eigenvalue weighted by molar-refractivity contribution is -0.136. The highest BCUT2D eigenvalue weighted by molar-refractivity contribution is 7.89. The number of carbonyl (C=O) groups is 1. The zero-order valence-corrected chi connectivity index (χ0v) is 13.6. The molecule has 21 heavy (non-hydrogen) atoms. The Labute approximate surface area is 126 Å². The standard InChI is InChI=1S/C15H23NO4S/c1-10(2)15(11(3)4)16-21(19,20)13-7-5-6-12(8-13)9-14(17)18/h5-8,10-11,15-16H,9H2,1-4H3,(H,17,18). The van der Waals surface area contributed by atoms with E-state index < -0.39 is 16.0 Å². The third kappa shape index (κ3) is 5.13. The van der Waals surface area contributed by atoms with Crippen LogP contribution < -0.4 is 4.72 Å². The van der Waals surface area contributed by atoms with Gasteiger partial charge in [-0.2, -0.15) is 0 Å². The Balaban J connectivity index is 3.04. The summed E-state index contributed by atoms with van der Waals surface area (Å²) in [7, 11) is -3.65. The maximum atomic E-state index is 12.4. The summed E-state index contributed by atoms with van der Waals surface area (Å²) in [6.45, 7) is 7.87. The summed E-state index contributed by atoms with van der Waals surface area (Å²) in [5.74, 6) is -0.649. The van der Waals surface area contributed by atoms with Crippen LogP contribution in [0.2, 0.25) is 0 Å². The molecule has 6 heteroatoms. The number of carboxylic acid groups (broad SMARTS) is 1. The van der Waals surface area contributed by atoms with Crippen LogP contribution in [0.4, 0.5) is 0 Å². The lowest BCUT2D eigenvalue weighted by Crippen LogP contribution is -2.42. The second-order valence-electron chi connectivity index (χ2n) is 5.85. The highest BCUT2D eigenvalue weighted by Gasteiger charge is 2.25. The van der Waals surface area contributed by atoms with E-state index in [4.69, 9.17) is 5.11 Å². The normalized spacial score (nSPS) is 12.3. The second-order valence-corrected chi connectivity index (χ2v) is 7.57. The molecular weight excluding hydrogens is 290 g/mol. The van der Waals surface area contributed by atoms with Crippen molar-refractivity contribution in [1.82, 2.24) is 4.72 Å². The van der Waals surface area contributed by atoms with E-state index in [0.717, 1.165) is 0 Å². The van der Waals surface area contributed by atoms with E-state index in [2.05, 4.69) is 4.72 Å². The molecule has 0 aliphatic rings. The van der Waals surface area contributed by atoms with Gasteiger partial charge in [-0.15, -0.1) is 0 Å². The van der Waals surface area contributed by atoms with E-state index in [1.807, 2.05) is 27.7 Å². The lowest BCUT2D eigenvalue weighted by Gasteiger charge is -2.25. The molecule has 0 saturated heterocycles. The zero-order valence-electron chi connectivity index (χ0n) is 12.8. The van der Waals surface area contributed by atoms with Gasteiger partial charge in [0.25, 0.3) is 0 Å². The van der Waals surface area contributed by atoms with Crippen LogP contribution in [0.25, 0.3) is 0 Å². The molecule has 2 N–H and O–H groups in total. The summed E-state index contributed by atoms with van der Waals surface area (Å²) in [5, 5.41) is 8.79. The van der Waals surface area contributed by atoms with Gasteiger partial charge < -0.3 is 5.11 Å². The molecule has 0 aliphatic carbocycles. The molecule has 118 valence electrons. The molecule has 0 bridgehead atoms. The van der Waals surface area contributed by atoms with Crippen molar-refractivity contribution >= 4 is 16.0 Å². The van der Waals surface area contributed by atoms with Crippen LogP contribution in [0.3, 0.4) is 0 Å². The van der Waals surface area contributed by atoms with Gasteiger partial charge in [0.2, 0.25) is 10.0 Å². The van der Waals surface area contributed by atoms with Gasteiger partial charge >= 0.3 is 5.97 Å². The SMILES string of the molecule is CC(C)C(NS(=O)(=O)c1cccc(CC(=O)O)c1)C(C)C. The van der Waals surface area contributed by atoms with Gasteiger partial charge in [0.15, 0.2) is 0 Å². The minimum absolute atomic E-state index is 0.104. The van der Waals surface area contributed by atoms with E-state index in [1.165, 1.54) is 12.1 Å². The molecular formula is C15H23NO4S. The molecule has 0 radical (unpaired) electrons. The van der Waals surface area contributed by atoms with Crippen molar-refractivity contribution in [2.75, 3.05) is 0 Å². The van der Waals surface area contributed by atoms with E-state index in [1.54, 1.807) is 12.1 Å². The highest BCUT2D eigenvalue weighted by Crippen LogP contribution is 2.18. The Morgan fingerprint density at radius 2 is 1.76 bits per heavy atom. The van der Waals surface area contributed by atoms with E-state index in [9.17, 15) is 13.2 Å². The van der Waals surface area contributed by atoms with E-state index in [-0.39, 0.29) is 29.2 Å². The van der Waals surface area contributed by atoms with Crippen molar-refractivity contribution in [3.8, 4) is 0 Å². The number of nitrogens with one attached hydrogen (secondary N) is 1. The highest BCUT2D eigenvalue weighted by atomic mass is 32.2. The number of sulfonamides is 1. The molecule has 0 heterocycles. The van der Waals surface area contributed by atoms with Crippen LogP contribution in [-0.2, 0) is 21.2 Å². The van der Waals surface area contributed by atoms with Gasteiger partial charge in [0, 0.05) is 6.04 Å². The van der Waals surface area contributed by atoms with Crippen LogP contribution in [0, 0.1) is 11.8 Å². The van der Waals surface area contributed by atoms with Crippen molar-refractivity contribution < 1.29 is 18.3 Å². The predicted molar refractivity (Wildman–Crippen MR) is 81.6 cm³/mol. The van der Waals surface area contributed by atoms with Gasteiger partial charge in [-0.05, 0) is 29.5 Å². The molecule has 0 amide bonds. The Bertz CT molecular complexity index is 585. The molecule has 0 spiro atoms. The molecule has 1 aromatic rings. The van der Waals surface area contributed by atoms with Crippen LogP contribution >= 0.6 is 0 Å². The third-order valence-corrected chi connectivity index (χ3v) is 4.75. The van der Waals surface area contributed by atoms with Gasteiger partial charge in [-0.3, -0.25) is 4.79 Å². The Morgan fingerprint density at radius 3 is 2.24 bits per heavy atom. The molecule has 0 atom stereocenters. The summed E-state index contributed by atoms with van der Waals surface area (Å²) in [6.07, 6.45) is -0.193. The summed E-state index contributed by atoms with van der Waals surface area (Å²) in [6, 6.07) is 5.89. The van der Waals surface area contributed by atoms with Crippen molar-refractivity contribution in [3.05, 3.63) is 29.8 Å². The smallest absolute Gasteiger partial charge is 0.307 e. The maximum absolute atomic E-state index is 12.4. The van der Waals surface area contributed by atoms with Gasteiger partial charge in [0.05, 0.1) is 11.3 Å². The third-order valence-electron chi connectivity index (χ3n) is 3.29. The quantitative estimate of drug-likeness (QED) is 0.809. The first kappa shape index (κ1) is 17.7. The largest absolute Gasteiger partial charge is 0.481 e. The minimum Gasteiger partial charge on any atom is -0.481 e. The first-order valence-electron chi connectivity index (χ1n) is 6.96. The van der Waals surface area contributed by atoms with Gasteiger partial charge in [-0.1, -0.05) is 39.8 Å². The molecule has 1 aromatic carbocycles. The molecule has 0 saturated carbocycles. The van der Waals surface area contributed by atoms with Crippen LogP contribution in [-0.4, -0.2) is 25.5 Å². The first-order chi connectivity index (χ1) is 9.63. The second kappa shape index (κ2) is 7.04. The number of rotatable bonds is 7. The Kier molecular flexibility index (Phi) is 5.92. The van der Waals surface area contributed by atoms with Crippen molar-refractivity contribution in [1.29, 1.82) is 0 Å². The average molecular weight is 313 g/mol. The van der Waals surface area contributed by atoms with Crippen molar-refractivity contribution in [3.63, 3.8) is 0 Å². The van der Waals surface area contributed by atoms with E-state index >= 15 is 0 Å². The number of benzene rings is 1. The van der Waals surface area contributed by atoms with E-state index in [0.29, 0.717) is 5.56 Å². The summed E-state index contributed by atoms with van der Waals surface area (Å²) in [4.78, 5) is 10.8. The van der Waals surface area contributed by atoms with Crippen molar-refractivity contribution in [2.24, 2.45) is 11.8 Å². The number of aliphatic carboxylic acids is 1. The average Bonchev–Trinajstić information content (AvgIpc) is 2.35. The van der Waals surface area contributed by atoms with Crippen LogP contribution in [0.15, 0.2) is 29.2 Å². The maximum Gasteiger partial charge on any atom is 0.307 e. The summed E-state index contributed by atoms with van der Waals surface area (Å²) >= 11 is 0. The number of carboxylic acids is 1. The lowest BCUT2D eigenvalue weighted by atomic mass is 9.94. The molecule has 0 unspecified atom stereocenters. The predicted octanol–water partition coefficient (Wildman–Crippen LogP) is 2.27. The van der Waals surface area contributed by atoms with Crippen molar-refractivity contribution in [2.45, 2.75) is 45.1 Å². The Morgan fingerprint density at radius 1 is 1.19 bits per heavy atom. The molecule has 0 fully saturated rings. The fraction of sp³-hybridized carbons (Fsp3) is 0.533. The zero-order chi connectivity index (χ0) is 16.2. The summed E-state index contributed by atoms with van der Waals surface area (Å²) in [5.41, 5.74) is 0.469. The van der Waals surface area contributed by atoms with Crippen LogP contribution in [0.5, 0.6) is 0 Å². The monoisotopic (exact) mass is 313 g/mol. The first-order valence-corrected chi connectivity index (χ1v) is 8.45. The minimum atomic E-state index is -3.65. The number of hydrogen-bond donors (Lipinski definition) is 2. The molecule has 1 rings (SSSR count). The van der Waals surface area contributed by atoms with Gasteiger partial charge in [-0.25, -0.2) is 13.1 Å². The number of hydrogen-bond acceptors (Lipinski definition) is 3. The Hall–Kier alpha value is -1.40. The molecule has 5 nitrogen and oxygen atoms in total.